The third kappa shape index (κ3) is 4.47. The fourth-order valence-corrected chi connectivity index (χ4v) is 5.94. The molecule has 0 spiro atoms. The fraction of sp³-hybridized carbons (Fsp3) is 0.261. The lowest BCUT2D eigenvalue weighted by atomic mass is 9.95. The quantitative estimate of drug-likeness (QED) is 0.305. The van der Waals surface area contributed by atoms with Crippen LogP contribution in [0, 0.1) is 20.8 Å². The second kappa shape index (κ2) is 9.69. The molecule has 12 heteroatoms. The molecule has 1 atom stereocenters. The Hall–Kier alpha value is -2.79. The monoisotopic (exact) mass is 551 g/mol. The highest BCUT2D eigenvalue weighted by Gasteiger charge is 2.47. The van der Waals surface area contributed by atoms with Crippen molar-refractivity contribution in [2.45, 2.75) is 33.7 Å². The molecule has 3 heterocycles. The molecule has 0 radical (unpaired) electrons. The number of aryl methyl sites for hydroxylation is 3. The highest BCUT2D eigenvalue weighted by Crippen LogP contribution is 2.45. The van der Waals surface area contributed by atoms with Gasteiger partial charge in [0, 0.05) is 0 Å². The third-order valence-corrected chi connectivity index (χ3v) is 8.22. The molecule has 0 aliphatic carbocycles. The Morgan fingerprint density at radius 2 is 1.77 bits per heavy atom. The molecule has 0 bridgehead atoms. The molecule has 8 nitrogen and oxygen atoms in total. The Bertz CT molecular complexity index is 1410. The molecule has 1 aromatic carbocycles. The first-order valence-corrected chi connectivity index (χ1v) is 12.8. The topological polar surface area (TPSA) is 110 Å². The van der Waals surface area contributed by atoms with Crippen molar-refractivity contribution in [1.82, 2.24) is 9.97 Å². The van der Waals surface area contributed by atoms with Gasteiger partial charge in [-0.2, -0.15) is 0 Å². The van der Waals surface area contributed by atoms with Gasteiger partial charge in [-0.3, -0.25) is 14.5 Å². The highest BCUT2D eigenvalue weighted by atomic mass is 35.5. The Balaban J connectivity index is 1.89. The first kappa shape index (κ1) is 25.3. The van der Waals surface area contributed by atoms with E-state index in [2.05, 4.69) is 9.97 Å². The lowest BCUT2D eigenvalue weighted by molar-refractivity contribution is -0.117. The number of thiazole rings is 2. The zero-order chi connectivity index (χ0) is 25.6. The predicted molar refractivity (Wildman–Crippen MR) is 135 cm³/mol. The number of halogens is 2. The number of amides is 1. The van der Waals surface area contributed by atoms with Crippen molar-refractivity contribution >= 4 is 68.7 Å². The second-order valence-electron chi connectivity index (χ2n) is 7.62. The molecule has 4 rings (SSSR count). The minimum Gasteiger partial charge on any atom is -0.503 e. The molecule has 1 N–H and O–H groups in total. The molecular weight excluding hydrogens is 533 g/mol. The van der Waals surface area contributed by atoms with Crippen LogP contribution >= 0.6 is 45.9 Å². The van der Waals surface area contributed by atoms with Crippen LogP contribution in [0.1, 0.15) is 54.3 Å². The van der Waals surface area contributed by atoms with E-state index in [1.807, 2.05) is 0 Å². The Labute approximate surface area is 218 Å². The van der Waals surface area contributed by atoms with Crippen molar-refractivity contribution in [1.29, 1.82) is 0 Å². The van der Waals surface area contributed by atoms with Crippen LogP contribution in [-0.4, -0.2) is 39.3 Å². The Morgan fingerprint density at radius 1 is 1.09 bits per heavy atom. The van der Waals surface area contributed by atoms with Gasteiger partial charge in [-0.05, 0) is 45.4 Å². The third-order valence-electron chi connectivity index (χ3n) is 5.27. The molecule has 0 saturated heterocycles. The van der Waals surface area contributed by atoms with Gasteiger partial charge in [-0.15, -0.1) is 11.3 Å². The number of carbonyl (C=O) groups is 3. The van der Waals surface area contributed by atoms with E-state index in [0.717, 1.165) is 11.3 Å². The van der Waals surface area contributed by atoms with Gasteiger partial charge in [0.25, 0.3) is 5.91 Å². The van der Waals surface area contributed by atoms with Gasteiger partial charge in [-0.1, -0.05) is 40.6 Å². The van der Waals surface area contributed by atoms with E-state index in [4.69, 9.17) is 27.9 Å². The van der Waals surface area contributed by atoms with Crippen LogP contribution in [0.2, 0.25) is 10.0 Å². The van der Waals surface area contributed by atoms with Crippen molar-refractivity contribution in [3.05, 3.63) is 71.3 Å². The fourth-order valence-electron chi connectivity index (χ4n) is 3.77. The van der Waals surface area contributed by atoms with Crippen molar-refractivity contribution in [3.63, 3.8) is 0 Å². The standard InChI is InChI=1S/C23H19Cl2N3O5S2/c1-5-33-22(32)20-10(3)27-23(35-20)28-16(12-6-7-13(24)14(25)8-12)15(18(30)21(28)31)17(29)19-9(2)26-11(4)34-19/h6-8,16,30H,5H2,1-4H3. The minimum absolute atomic E-state index is 0.123. The maximum absolute atomic E-state index is 13.6. The number of aromatic nitrogens is 2. The van der Waals surface area contributed by atoms with Crippen LogP contribution in [0.5, 0.6) is 0 Å². The molecule has 0 saturated carbocycles. The number of ether oxygens (including phenoxy) is 1. The van der Waals surface area contributed by atoms with Gasteiger partial charge in [0.2, 0.25) is 5.78 Å². The van der Waals surface area contributed by atoms with E-state index >= 15 is 0 Å². The van der Waals surface area contributed by atoms with E-state index in [0.29, 0.717) is 26.8 Å². The van der Waals surface area contributed by atoms with E-state index in [-0.39, 0.29) is 32.2 Å². The molecule has 1 amide bonds. The summed E-state index contributed by atoms with van der Waals surface area (Å²) in [4.78, 5) is 49.7. The number of anilines is 1. The average molecular weight is 552 g/mol. The number of aliphatic hydroxyl groups is 1. The van der Waals surface area contributed by atoms with Crippen LogP contribution in [0.15, 0.2) is 29.5 Å². The summed E-state index contributed by atoms with van der Waals surface area (Å²) in [6, 6.07) is 3.62. The number of esters is 1. The van der Waals surface area contributed by atoms with Gasteiger partial charge in [0.15, 0.2) is 10.9 Å². The molecule has 1 aliphatic rings. The van der Waals surface area contributed by atoms with Crippen molar-refractivity contribution in [3.8, 4) is 0 Å². The van der Waals surface area contributed by atoms with Crippen LogP contribution in [0.25, 0.3) is 0 Å². The SMILES string of the molecule is CCOC(=O)c1sc(N2C(=O)C(O)=C(C(=O)c3sc(C)nc3C)C2c2ccc(Cl)c(Cl)c2)nc1C. The number of nitrogens with zero attached hydrogens (tertiary/aromatic N) is 3. The Kier molecular flexibility index (Phi) is 7.01. The first-order chi connectivity index (χ1) is 16.5. The summed E-state index contributed by atoms with van der Waals surface area (Å²) < 4.78 is 5.08. The summed E-state index contributed by atoms with van der Waals surface area (Å²) in [6.45, 7) is 6.92. The van der Waals surface area contributed by atoms with E-state index in [9.17, 15) is 19.5 Å². The van der Waals surface area contributed by atoms with Crippen LogP contribution in [-0.2, 0) is 9.53 Å². The van der Waals surface area contributed by atoms with Gasteiger partial charge < -0.3 is 9.84 Å². The van der Waals surface area contributed by atoms with E-state index < -0.39 is 29.5 Å². The van der Waals surface area contributed by atoms with Crippen LogP contribution in [0.4, 0.5) is 5.13 Å². The number of carbonyl (C=O) groups excluding carboxylic acids is 3. The zero-order valence-corrected chi connectivity index (χ0v) is 22.2. The zero-order valence-electron chi connectivity index (χ0n) is 19.0. The average Bonchev–Trinajstić information content (AvgIpc) is 3.43. The highest BCUT2D eigenvalue weighted by molar-refractivity contribution is 7.17. The predicted octanol–water partition coefficient (Wildman–Crippen LogP) is 5.79. The van der Waals surface area contributed by atoms with Crippen molar-refractivity contribution in [2.75, 3.05) is 11.5 Å². The number of hydrogen-bond donors (Lipinski definition) is 1. The molecule has 3 aromatic rings. The molecule has 1 aliphatic heterocycles. The lowest BCUT2D eigenvalue weighted by Gasteiger charge is -2.24. The smallest absolute Gasteiger partial charge is 0.350 e. The van der Waals surface area contributed by atoms with Crippen molar-refractivity contribution < 1.29 is 24.2 Å². The normalized spacial score (nSPS) is 15.8. The van der Waals surface area contributed by atoms with Gasteiger partial charge >= 0.3 is 5.97 Å². The largest absolute Gasteiger partial charge is 0.503 e. The first-order valence-electron chi connectivity index (χ1n) is 10.4. The van der Waals surface area contributed by atoms with Crippen LogP contribution < -0.4 is 4.90 Å². The number of rotatable bonds is 6. The summed E-state index contributed by atoms with van der Waals surface area (Å²) in [6.07, 6.45) is 0. The summed E-state index contributed by atoms with van der Waals surface area (Å²) in [7, 11) is 0. The van der Waals surface area contributed by atoms with E-state index in [1.54, 1.807) is 39.8 Å². The maximum atomic E-state index is 13.6. The minimum atomic E-state index is -1.06. The second-order valence-corrected chi connectivity index (χ2v) is 10.6. The number of benzene rings is 1. The summed E-state index contributed by atoms with van der Waals surface area (Å²) in [5.41, 5.74) is 1.15. The molecule has 2 aromatic heterocycles. The number of hydrogen-bond acceptors (Lipinski definition) is 9. The van der Waals surface area contributed by atoms with Gasteiger partial charge in [-0.25, -0.2) is 14.8 Å². The summed E-state index contributed by atoms with van der Waals surface area (Å²) >= 11 is 14.5. The van der Waals surface area contributed by atoms with Crippen molar-refractivity contribution in [2.24, 2.45) is 0 Å². The maximum Gasteiger partial charge on any atom is 0.350 e. The molecule has 182 valence electrons. The van der Waals surface area contributed by atoms with Gasteiger partial charge in [0.1, 0.15) is 4.88 Å². The Morgan fingerprint density at radius 3 is 2.37 bits per heavy atom. The van der Waals surface area contributed by atoms with E-state index in [1.165, 1.54) is 22.3 Å². The lowest BCUT2D eigenvalue weighted by Crippen LogP contribution is -2.31. The number of ketones is 1. The van der Waals surface area contributed by atoms with Gasteiger partial charge in [0.05, 0.1) is 49.5 Å². The summed E-state index contributed by atoms with van der Waals surface area (Å²) in [5, 5.41) is 12.2. The molecule has 0 fully saturated rings. The molecule has 1 unspecified atom stereocenters. The van der Waals surface area contributed by atoms with Crippen LogP contribution in [0.3, 0.4) is 0 Å². The molecular formula is C23H19Cl2N3O5S2. The number of Topliss-reactive ketones (excluding diaryl/α,β-unsaturated/α-hetero) is 1. The summed E-state index contributed by atoms with van der Waals surface area (Å²) in [5.74, 6) is -2.64. The number of aliphatic hydroxyl groups excluding tert-OH is 1. The molecule has 35 heavy (non-hydrogen) atoms.